The van der Waals surface area contributed by atoms with Crippen LogP contribution in [0.25, 0.3) is 0 Å². The molecule has 0 amide bonds. The van der Waals surface area contributed by atoms with Crippen molar-refractivity contribution in [2.45, 2.75) is 26.7 Å². The van der Waals surface area contributed by atoms with Crippen LogP contribution in [0.2, 0.25) is 0 Å². The van der Waals surface area contributed by atoms with Crippen LogP contribution in [-0.2, 0) is 6.42 Å². The van der Waals surface area contributed by atoms with Gasteiger partial charge in [0.05, 0.1) is 0 Å². The Hall–Kier alpha value is -1.02. The Labute approximate surface area is 99.5 Å². The molecule has 0 aliphatic rings. The quantitative estimate of drug-likeness (QED) is 0.798. The second kappa shape index (κ2) is 6.54. The zero-order chi connectivity index (χ0) is 12.0. The van der Waals surface area contributed by atoms with E-state index in [1.807, 2.05) is 0 Å². The van der Waals surface area contributed by atoms with Gasteiger partial charge in [0.25, 0.3) is 0 Å². The van der Waals surface area contributed by atoms with Gasteiger partial charge in [-0.25, -0.2) is 0 Å². The molecular formula is C14H24N2. The van der Waals surface area contributed by atoms with Crippen LogP contribution in [0.1, 0.15) is 25.8 Å². The molecule has 2 nitrogen and oxygen atoms in total. The van der Waals surface area contributed by atoms with E-state index >= 15 is 0 Å². The van der Waals surface area contributed by atoms with Crippen LogP contribution >= 0.6 is 0 Å². The highest BCUT2D eigenvalue weighted by Gasteiger charge is 2.02. The maximum absolute atomic E-state index is 5.53. The van der Waals surface area contributed by atoms with Crippen LogP contribution in [0.5, 0.6) is 0 Å². The summed E-state index contributed by atoms with van der Waals surface area (Å²) in [5, 5.41) is 0. The molecule has 0 saturated heterocycles. The molecule has 2 N–H and O–H groups in total. The van der Waals surface area contributed by atoms with Crippen LogP contribution < -0.4 is 10.6 Å². The minimum Gasteiger partial charge on any atom is -0.375 e. The molecule has 0 heterocycles. The van der Waals surface area contributed by atoms with Crippen LogP contribution in [0, 0.1) is 5.92 Å². The molecule has 1 aromatic carbocycles. The van der Waals surface area contributed by atoms with Gasteiger partial charge in [-0.3, -0.25) is 0 Å². The van der Waals surface area contributed by atoms with E-state index < -0.39 is 0 Å². The molecule has 1 rings (SSSR count). The van der Waals surface area contributed by atoms with Crippen molar-refractivity contribution in [3.63, 3.8) is 0 Å². The van der Waals surface area contributed by atoms with Gasteiger partial charge in [-0.1, -0.05) is 26.0 Å². The minimum atomic E-state index is 0.725. The Morgan fingerprint density at radius 1 is 1.19 bits per heavy atom. The lowest BCUT2D eigenvalue weighted by molar-refractivity contribution is 0.585. The van der Waals surface area contributed by atoms with Crippen LogP contribution in [-0.4, -0.2) is 20.1 Å². The summed E-state index contributed by atoms with van der Waals surface area (Å²) in [4.78, 5) is 2.31. The number of hydrogen-bond donors (Lipinski definition) is 1. The monoisotopic (exact) mass is 220 g/mol. The third-order valence-electron chi connectivity index (χ3n) is 2.85. The van der Waals surface area contributed by atoms with Crippen molar-refractivity contribution in [2.75, 3.05) is 25.0 Å². The second-order valence-corrected chi connectivity index (χ2v) is 4.81. The van der Waals surface area contributed by atoms with Gasteiger partial charge < -0.3 is 10.6 Å². The summed E-state index contributed by atoms with van der Waals surface area (Å²) in [6, 6.07) is 8.72. The Kier molecular flexibility index (Phi) is 5.33. The van der Waals surface area contributed by atoms with E-state index in [0.29, 0.717) is 0 Å². The van der Waals surface area contributed by atoms with Gasteiger partial charge in [0.15, 0.2) is 0 Å². The van der Waals surface area contributed by atoms with E-state index in [4.69, 9.17) is 5.73 Å². The Morgan fingerprint density at radius 3 is 2.31 bits per heavy atom. The molecule has 2 heteroatoms. The van der Waals surface area contributed by atoms with Gasteiger partial charge in [0.2, 0.25) is 0 Å². The molecule has 0 spiro atoms. The molecule has 0 aliphatic heterocycles. The summed E-state index contributed by atoms with van der Waals surface area (Å²) in [7, 11) is 2.15. The van der Waals surface area contributed by atoms with Crippen molar-refractivity contribution in [2.24, 2.45) is 11.7 Å². The highest BCUT2D eigenvalue weighted by molar-refractivity contribution is 5.46. The molecule has 0 atom stereocenters. The number of nitrogens with two attached hydrogens (primary N) is 1. The van der Waals surface area contributed by atoms with Crippen LogP contribution in [0.3, 0.4) is 0 Å². The van der Waals surface area contributed by atoms with Crippen LogP contribution in [0.4, 0.5) is 5.69 Å². The van der Waals surface area contributed by atoms with Crippen molar-refractivity contribution < 1.29 is 0 Å². The predicted octanol–water partition coefficient (Wildman–Crippen LogP) is 2.67. The molecule has 1 aromatic rings. The molecule has 0 aromatic heterocycles. The highest BCUT2D eigenvalue weighted by Crippen LogP contribution is 2.15. The van der Waals surface area contributed by atoms with Gasteiger partial charge in [-0.05, 0) is 43.0 Å². The summed E-state index contributed by atoms with van der Waals surface area (Å²) in [5.41, 5.74) is 8.14. The van der Waals surface area contributed by atoms with Gasteiger partial charge in [0.1, 0.15) is 0 Å². The zero-order valence-corrected chi connectivity index (χ0v) is 10.7. The van der Waals surface area contributed by atoms with E-state index in [0.717, 1.165) is 25.4 Å². The van der Waals surface area contributed by atoms with Gasteiger partial charge >= 0.3 is 0 Å². The summed E-state index contributed by atoms with van der Waals surface area (Å²) in [6.45, 7) is 6.37. The molecule has 0 aliphatic carbocycles. The number of benzene rings is 1. The average molecular weight is 220 g/mol. The predicted molar refractivity (Wildman–Crippen MR) is 71.9 cm³/mol. The van der Waals surface area contributed by atoms with E-state index in [1.54, 1.807) is 0 Å². The summed E-state index contributed by atoms with van der Waals surface area (Å²) < 4.78 is 0. The first-order valence-corrected chi connectivity index (χ1v) is 6.13. The minimum absolute atomic E-state index is 0.725. The van der Waals surface area contributed by atoms with Crippen molar-refractivity contribution in [1.82, 2.24) is 0 Å². The number of hydrogen-bond acceptors (Lipinski definition) is 2. The van der Waals surface area contributed by atoms with E-state index in [9.17, 15) is 0 Å². The third kappa shape index (κ3) is 4.23. The third-order valence-corrected chi connectivity index (χ3v) is 2.85. The summed E-state index contributed by atoms with van der Waals surface area (Å²) in [5.74, 6) is 0.763. The first-order chi connectivity index (χ1) is 7.63. The van der Waals surface area contributed by atoms with E-state index in [2.05, 4.69) is 50.1 Å². The molecular weight excluding hydrogens is 196 g/mol. The van der Waals surface area contributed by atoms with Crippen molar-refractivity contribution in [3.05, 3.63) is 29.8 Å². The Bertz CT molecular complexity index is 290. The fraction of sp³-hybridized carbons (Fsp3) is 0.571. The zero-order valence-electron chi connectivity index (χ0n) is 10.7. The maximum Gasteiger partial charge on any atom is 0.0363 e. The standard InChI is InChI=1S/C14H24N2/c1-12(2)9-11-16(3)14-6-4-13(5-7-14)8-10-15/h4-7,12H,8-11,15H2,1-3H3. The first kappa shape index (κ1) is 13.0. The molecule has 16 heavy (non-hydrogen) atoms. The Morgan fingerprint density at radius 2 is 1.81 bits per heavy atom. The summed E-state index contributed by atoms with van der Waals surface area (Å²) >= 11 is 0. The lowest BCUT2D eigenvalue weighted by atomic mass is 10.1. The van der Waals surface area contributed by atoms with Crippen LogP contribution in [0.15, 0.2) is 24.3 Å². The summed E-state index contributed by atoms with van der Waals surface area (Å²) in [6.07, 6.45) is 2.21. The largest absolute Gasteiger partial charge is 0.375 e. The lowest BCUT2D eigenvalue weighted by Crippen LogP contribution is -2.19. The van der Waals surface area contributed by atoms with E-state index in [1.165, 1.54) is 17.7 Å². The number of nitrogens with zero attached hydrogens (tertiary/aromatic N) is 1. The van der Waals surface area contributed by atoms with Crippen molar-refractivity contribution in [1.29, 1.82) is 0 Å². The molecule has 0 saturated carbocycles. The average Bonchev–Trinajstić information content (AvgIpc) is 2.27. The second-order valence-electron chi connectivity index (χ2n) is 4.81. The van der Waals surface area contributed by atoms with Gasteiger partial charge in [-0.2, -0.15) is 0 Å². The van der Waals surface area contributed by atoms with Gasteiger partial charge in [0, 0.05) is 19.3 Å². The Balaban J connectivity index is 2.52. The van der Waals surface area contributed by atoms with Gasteiger partial charge in [-0.15, -0.1) is 0 Å². The normalized spacial score (nSPS) is 10.8. The molecule has 0 unspecified atom stereocenters. The van der Waals surface area contributed by atoms with E-state index in [-0.39, 0.29) is 0 Å². The number of anilines is 1. The molecule has 0 radical (unpaired) electrons. The number of rotatable bonds is 6. The lowest BCUT2D eigenvalue weighted by Gasteiger charge is -2.20. The topological polar surface area (TPSA) is 29.3 Å². The maximum atomic E-state index is 5.53. The fourth-order valence-corrected chi connectivity index (χ4v) is 1.66. The highest BCUT2D eigenvalue weighted by atomic mass is 15.1. The molecule has 0 bridgehead atoms. The SMILES string of the molecule is CC(C)CCN(C)c1ccc(CCN)cc1. The first-order valence-electron chi connectivity index (χ1n) is 6.13. The van der Waals surface area contributed by atoms with Crippen molar-refractivity contribution in [3.8, 4) is 0 Å². The fourth-order valence-electron chi connectivity index (χ4n) is 1.66. The molecule has 0 fully saturated rings. The molecule has 90 valence electrons. The van der Waals surface area contributed by atoms with Crippen molar-refractivity contribution >= 4 is 5.69 Å². The smallest absolute Gasteiger partial charge is 0.0363 e.